The average Bonchev–Trinajstić information content (AvgIpc) is 3.81. The molecule has 1 N–H and O–H groups in total. The maximum Gasteiger partial charge on any atom is 0.273 e. The number of aryl methyl sites for hydroxylation is 3. The second-order valence-corrected chi connectivity index (χ2v) is 10.2. The molecule has 0 aromatic carbocycles. The van der Waals surface area contributed by atoms with E-state index < -0.39 is 0 Å². The molecule has 1 amide bonds. The van der Waals surface area contributed by atoms with Gasteiger partial charge in [0.15, 0.2) is 5.69 Å². The van der Waals surface area contributed by atoms with E-state index in [0.717, 1.165) is 61.0 Å². The Labute approximate surface area is 205 Å². The van der Waals surface area contributed by atoms with E-state index in [9.17, 15) is 4.79 Å². The molecule has 2 saturated carbocycles. The Morgan fingerprint density at radius 2 is 1.94 bits per heavy atom. The van der Waals surface area contributed by atoms with E-state index in [1.807, 2.05) is 19.1 Å². The lowest BCUT2D eigenvalue weighted by atomic mass is 9.99. The van der Waals surface area contributed by atoms with Gasteiger partial charge < -0.3 is 5.32 Å². The van der Waals surface area contributed by atoms with Crippen molar-refractivity contribution in [1.82, 2.24) is 35.5 Å². The van der Waals surface area contributed by atoms with Gasteiger partial charge >= 0.3 is 0 Å². The second-order valence-electron chi connectivity index (χ2n) is 10.2. The minimum Gasteiger partial charge on any atom is -0.346 e. The lowest BCUT2D eigenvalue weighted by Gasteiger charge is -2.07. The molecule has 6 rings (SSSR count). The lowest BCUT2D eigenvalue weighted by molar-refractivity contribution is 0.0946. The first-order valence-electron chi connectivity index (χ1n) is 12.8. The Kier molecular flexibility index (Phi) is 5.88. The summed E-state index contributed by atoms with van der Waals surface area (Å²) in [4.78, 5) is 16.6. The third-order valence-corrected chi connectivity index (χ3v) is 7.24. The van der Waals surface area contributed by atoms with Gasteiger partial charge in [-0.1, -0.05) is 16.9 Å². The van der Waals surface area contributed by atoms with Crippen LogP contribution in [0.15, 0.2) is 36.2 Å². The smallest absolute Gasteiger partial charge is 0.273 e. The summed E-state index contributed by atoms with van der Waals surface area (Å²) >= 11 is 0. The largest absolute Gasteiger partial charge is 0.346 e. The molecule has 0 aliphatic heterocycles. The van der Waals surface area contributed by atoms with Crippen LogP contribution >= 0.6 is 0 Å². The molecule has 0 bridgehead atoms. The van der Waals surface area contributed by atoms with E-state index >= 15 is 0 Å². The number of carbonyl (C=O) groups excluding carboxylic acids is 1. The van der Waals surface area contributed by atoms with Crippen LogP contribution in [0.4, 0.5) is 0 Å². The molecule has 0 unspecified atom stereocenters. The van der Waals surface area contributed by atoms with Gasteiger partial charge in [-0.2, -0.15) is 10.2 Å². The van der Waals surface area contributed by atoms with Crippen molar-refractivity contribution >= 4 is 11.5 Å². The van der Waals surface area contributed by atoms with Crippen LogP contribution in [0.2, 0.25) is 0 Å². The van der Waals surface area contributed by atoms with Crippen molar-refractivity contribution in [3.8, 4) is 0 Å². The first kappa shape index (κ1) is 22.1. The molecule has 0 atom stereocenters. The summed E-state index contributed by atoms with van der Waals surface area (Å²) in [6.45, 7) is 3.08. The molecule has 0 radical (unpaired) electrons. The zero-order chi connectivity index (χ0) is 23.8. The number of nitrogens with one attached hydrogen (secondary N) is 1. The molecule has 8 nitrogen and oxygen atoms in total. The molecule has 180 valence electrons. The summed E-state index contributed by atoms with van der Waals surface area (Å²) in [6.07, 6.45) is 12.7. The third-order valence-electron chi connectivity index (χ3n) is 7.24. The maximum absolute atomic E-state index is 12.4. The van der Waals surface area contributed by atoms with Crippen molar-refractivity contribution in [2.24, 2.45) is 11.8 Å². The van der Waals surface area contributed by atoms with Gasteiger partial charge in [0.2, 0.25) is 0 Å². The molecule has 3 aromatic heterocycles. The molecular formula is C27H31N7O. The first-order valence-corrected chi connectivity index (χ1v) is 12.8. The topological polar surface area (TPSA) is 98.5 Å². The molecule has 2 fully saturated rings. The first-order chi connectivity index (χ1) is 17.1. The molecule has 0 saturated heterocycles. The molecule has 35 heavy (non-hydrogen) atoms. The van der Waals surface area contributed by atoms with Gasteiger partial charge in [-0.25, -0.2) is 0 Å². The van der Waals surface area contributed by atoms with Crippen LogP contribution < -0.4 is 5.32 Å². The maximum atomic E-state index is 12.4. The van der Waals surface area contributed by atoms with Crippen LogP contribution in [0.1, 0.15) is 77.2 Å². The number of carbonyl (C=O) groups is 1. The van der Waals surface area contributed by atoms with Crippen molar-refractivity contribution in [1.29, 1.82) is 0 Å². The minimum atomic E-state index is -0.227. The Bertz CT molecular complexity index is 1270. The van der Waals surface area contributed by atoms with Crippen LogP contribution in [-0.2, 0) is 25.9 Å². The molecular weight excluding hydrogens is 438 g/mol. The summed E-state index contributed by atoms with van der Waals surface area (Å²) in [6, 6.07) is 6.20. The Balaban J connectivity index is 0.990. The predicted molar refractivity (Wildman–Crippen MR) is 131 cm³/mol. The number of pyridine rings is 1. The van der Waals surface area contributed by atoms with Gasteiger partial charge in [-0.3, -0.25) is 14.5 Å². The van der Waals surface area contributed by atoms with Crippen molar-refractivity contribution in [3.63, 3.8) is 0 Å². The Hall–Kier alpha value is -3.42. The van der Waals surface area contributed by atoms with Crippen LogP contribution in [0.25, 0.3) is 5.57 Å². The van der Waals surface area contributed by atoms with Crippen molar-refractivity contribution in [3.05, 3.63) is 70.1 Å². The number of amides is 1. The summed E-state index contributed by atoms with van der Waals surface area (Å²) in [5.74, 6) is 1.36. The number of fused-ring (bicyclic) bond motifs is 1. The van der Waals surface area contributed by atoms with E-state index in [1.54, 1.807) is 28.2 Å². The fourth-order valence-corrected chi connectivity index (χ4v) is 5.01. The number of rotatable bonds is 10. The predicted octanol–water partition coefficient (Wildman–Crippen LogP) is 3.85. The number of allylic oxidation sites excluding steroid dienone is 2. The quantitative estimate of drug-likeness (QED) is 0.453. The summed E-state index contributed by atoms with van der Waals surface area (Å²) in [7, 11) is 0. The molecule has 8 heteroatoms. The average molecular weight is 470 g/mol. The highest BCUT2D eigenvalue weighted by atomic mass is 16.2. The van der Waals surface area contributed by atoms with E-state index in [4.69, 9.17) is 0 Å². The zero-order valence-electron chi connectivity index (χ0n) is 20.2. The van der Waals surface area contributed by atoms with E-state index in [1.165, 1.54) is 36.9 Å². The van der Waals surface area contributed by atoms with E-state index in [2.05, 4.69) is 36.9 Å². The fraction of sp³-hybridized carbons (Fsp3) is 0.481. The number of aromatic nitrogens is 6. The highest BCUT2D eigenvalue weighted by Crippen LogP contribution is 2.53. The molecule has 3 aliphatic rings. The lowest BCUT2D eigenvalue weighted by Crippen LogP contribution is -2.23. The number of hydrogen-bond acceptors (Lipinski definition) is 6. The number of hydrogen-bond donors (Lipinski definition) is 1. The highest BCUT2D eigenvalue weighted by Gasteiger charge is 2.40. The van der Waals surface area contributed by atoms with Gasteiger partial charge in [0, 0.05) is 37.0 Å². The van der Waals surface area contributed by atoms with E-state index in [0.29, 0.717) is 12.2 Å². The van der Waals surface area contributed by atoms with Gasteiger partial charge in [0.25, 0.3) is 5.91 Å². The molecule has 0 spiro atoms. The fourth-order valence-electron chi connectivity index (χ4n) is 5.01. The van der Waals surface area contributed by atoms with Gasteiger partial charge in [0.05, 0.1) is 17.6 Å². The van der Waals surface area contributed by atoms with Gasteiger partial charge in [0.1, 0.15) is 0 Å². The Morgan fingerprint density at radius 1 is 1.09 bits per heavy atom. The standard InChI is InChI=1S/C27H31N7O/c1-17-5-6-18(14-28-17)15-29-27(35)25-16-34(33-32-25)11-3-2-4-21-12-23-24(31-30-21)13-22(19-7-8-19)26(23)20-9-10-20/h5-6,12,14,16,19-20H,2-4,7-11,13,15H2,1H3,(H,29,35). The number of nitrogens with zero attached hydrogens (tertiary/aromatic N) is 6. The summed E-state index contributed by atoms with van der Waals surface area (Å²) in [5, 5.41) is 20.2. The third kappa shape index (κ3) is 5.01. The van der Waals surface area contributed by atoms with Gasteiger partial charge in [-0.15, -0.1) is 5.10 Å². The summed E-state index contributed by atoms with van der Waals surface area (Å²) < 4.78 is 1.74. The van der Waals surface area contributed by atoms with Crippen molar-refractivity contribution in [2.45, 2.75) is 71.4 Å². The second kappa shape index (κ2) is 9.32. The van der Waals surface area contributed by atoms with Crippen LogP contribution in [0, 0.1) is 18.8 Å². The SMILES string of the molecule is Cc1ccc(CNC(=O)c2cn(CCCCc3cc4c(nn3)CC(C3CC3)=C4C3CC3)nn2)cn1. The number of unbranched alkanes of at least 4 members (excludes halogenated alkanes) is 1. The van der Waals surface area contributed by atoms with Crippen LogP contribution in [0.5, 0.6) is 0 Å². The highest BCUT2D eigenvalue weighted by molar-refractivity contribution is 5.91. The summed E-state index contributed by atoms with van der Waals surface area (Å²) in [5.41, 5.74) is 9.23. The Morgan fingerprint density at radius 3 is 2.71 bits per heavy atom. The molecule has 3 heterocycles. The monoisotopic (exact) mass is 469 g/mol. The van der Waals surface area contributed by atoms with Crippen LogP contribution in [-0.4, -0.2) is 36.1 Å². The van der Waals surface area contributed by atoms with Gasteiger partial charge in [-0.05, 0) is 87.0 Å². The minimum absolute atomic E-state index is 0.227. The van der Waals surface area contributed by atoms with Crippen LogP contribution in [0.3, 0.4) is 0 Å². The van der Waals surface area contributed by atoms with E-state index in [-0.39, 0.29) is 5.91 Å². The molecule has 3 aromatic rings. The molecule has 3 aliphatic carbocycles. The zero-order valence-corrected chi connectivity index (χ0v) is 20.2. The normalized spacial score (nSPS) is 17.1. The van der Waals surface area contributed by atoms with Crippen molar-refractivity contribution < 1.29 is 4.79 Å². The van der Waals surface area contributed by atoms with Crippen molar-refractivity contribution in [2.75, 3.05) is 0 Å².